The average molecular weight is 278 g/mol. The molecule has 5 heteroatoms. The van der Waals surface area contributed by atoms with Crippen molar-refractivity contribution in [3.8, 4) is 0 Å². The fourth-order valence-corrected chi connectivity index (χ4v) is 2.59. The molecular formula is C15H23FN4. The van der Waals surface area contributed by atoms with Gasteiger partial charge in [-0.25, -0.2) is 4.39 Å². The number of nitrogens with zero attached hydrogens (tertiary/aromatic N) is 3. The lowest BCUT2D eigenvalue weighted by Crippen LogP contribution is -2.53. The number of likely N-dealkylation sites (N-methyl/N-ethyl adjacent to an activating group) is 1. The first-order chi connectivity index (χ1) is 9.42. The second kappa shape index (κ2) is 5.79. The molecule has 1 heterocycles. The van der Waals surface area contributed by atoms with E-state index in [0.29, 0.717) is 18.9 Å². The molecule has 1 aliphatic heterocycles. The summed E-state index contributed by atoms with van der Waals surface area (Å²) in [6.45, 7) is 4.40. The third-order valence-electron chi connectivity index (χ3n) is 3.81. The van der Waals surface area contributed by atoms with Crippen LogP contribution in [0.1, 0.15) is 12.5 Å². The van der Waals surface area contributed by atoms with Crippen LogP contribution in [0.25, 0.3) is 0 Å². The maximum Gasteiger partial charge on any atom is 0.191 e. The van der Waals surface area contributed by atoms with Gasteiger partial charge in [0, 0.05) is 19.5 Å². The molecule has 0 saturated carbocycles. The van der Waals surface area contributed by atoms with Crippen molar-refractivity contribution in [1.82, 2.24) is 9.80 Å². The van der Waals surface area contributed by atoms with Crippen molar-refractivity contribution < 1.29 is 4.39 Å². The van der Waals surface area contributed by atoms with E-state index in [-0.39, 0.29) is 11.4 Å². The second-order valence-electron chi connectivity index (χ2n) is 5.89. The van der Waals surface area contributed by atoms with E-state index in [1.807, 2.05) is 26.2 Å². The zero-order valence-electron chi connectivity index (χ0n) is 12.4. The summed E-state index contributed by atoms with van der Waals surface area (Å²) in [5.41, 5.74) is 6.47. The number of rotatable bonds is 5. The zero-order valence-corrected chi connectivity index (χ0v) is 12.4. The first-order valence-electron chi connectivity index (χ1n) is 6.88. The van der Waals surface area contributed by atoms with Crippen LogP contribution < -0.4 is 5.73 Å². The minimum atomic E-state index is -0.248. The monoisotopic (exact) mass is 278 g/mol. The molecule has 1 aromatic carbocycles. The van der Waals surface area contributed by atoms with Gasteiger partial charge in [0.25, 0.3) is 0 Å². The Kier molecular flexibility index (Phi) is 4.28. The van der Waals surface area contributed by atoms with Crippen molar-refractivity contribution in [2.24, 2.45) is 10.7 Å². The van der Waals surface area contributed by atoms with E-state index in [2.05, 4.69) is 21.7 Å². The number of nitrogens with two attached hydrogens (primary N) is 1. The molecule has 0 radical (unpaired) electrons. The molecule has 0 bridgehead atoms. The summed E-state index contributed by atoms with van der Waals surface area (Å²) in [6.07, 6.45) is 0.608. The van der Waals surface area contributed by atoms with Gasteiger partial charge < -0.3 is 15.5 Å². The minimum absolute atomic E-state index is 0.160. The van der Waals surface area contributed by atoms with Crippen molar-refractivity contribution in [2.45, 2.75) is 18.9 Å². The molecule has 2 rings (SSSR count). The van der Waals surface area contributed by atoms with Crippen LogP contribution in [0.2, 0.25) is 0 Å². The highest BCUT2D eigenvalue weighted by Crippen LogP contribution is 2.26. The Balaban J connectivity index is 2.14. The van der Waals surface area contributed by atoms with Crippen LogP contribution in [0, 0.1) is 5.82 Å². The van der Waals surface area contributed by atoms with Gasteiger partial charge in [-0.05, 0) is 32.6 Å². The molecule has 1 unspecified atom stereocenters. The van der Waals surface area contributed by atoms with Crippen molar-refractivity contribution in [2.75, 3.05) is 33.7 Å². The van der Waals surface area contributed by atoms with Gasteiger partial charge in [-0.3, -0.25) is 4.99 Å². The Morgan fingerprint density at radius 2 is 2.10 bits per heavy atom. The molecule has 0 aromatic heterocycles. The predicted molar refractivity (Wildman–Crippen MR) is 80.3 cm³/mol. The molecule has 4 nitrogen and oxygen atoms in total. The lowest BCUT2D eigenvalue weighted by Gasteiger charge is -2.37. The minimum Gasteiger partial charge on any atom is -0.370 e. The van der Waals surface area contributed by atoms with E-state index in [4.69, 9.17) is 5.73 Å². The van der Waals surface area contributed by atoms with Crippen molar-refractivity contribution >= 4 is 5.96 Å². The maximum atomic E-state index is 13.9. The fourth-order valence-electron chi connectivity index (χ4n) is 2.59. The highest BCUT2D eigenvalue weighted by molar-refractivity contribution is 5.81. The fraction of sp³-hybridized carbons (Fsp3) is 0.533. The quantitative estimate of drug-likeness (QED) is 0.883. The van der Waals surface area contributed by atoms with Gasteiger partial charge >= 0.3 is 0 Å². The number of aliphatic imine (C=N–C) groups is 1. The SMILES string of the molecule is CN(C)CCN1C(N)=NCC1(C)Cc1ccccc1F. The molecule has 110 valence electrons. The Morgan fingerprint density at radius 3 is 2.75 bits per heavy atom. The van der Waals surface area contributed by atoms with E-state index in [1.54, 1.807) is 6.07 Å². The van der Waals surface area contributed by atoms with Crippen LogP contribution in [0.5, 0.6) is 0 Å². The lowest BCUT2D eigenvalue weighted by atomic mass is 9.91. The van der Waals surface area contributed by atoms with Crippen LogP contribution in [0.4, 0.5) is 4.39 Å². The van der Waals surface area contributed by atoms with E-state index in [1.165, 1.54) is 6.07 Å². The average Bonchev–Trinajstić information content (AvgIpc) is 2.66. The Labute approximate surface area is 120 Å². The molecule has 0 fully saturated rings. The molecular weight excluding hydrogens is 255 g/mol. The first-order valence-corrected chi connectivity index (χ1v) is 6.88. The third kappa shape index (κ3) is 3.10. The maximum absolute atomic E-state index is 13.9. The Hall–Kier alpha value is -1.62. The van der Waals surface area contributed by atoms with Crippen LogP contribution in [0.3, 0.4) is 0 Å². The first kappa shape index (κ1) is 14.8. The summed E-state index contributed by atoms with van der Waals surface area (Å²) in [7, 11) is 4.05. The number of halogens is 1. The van der Waals surface area contributed by atoms with Crippen molar-refractivity contribution in [1.29, 1.82) is 0 Å². The van der Waals surface area contributed by atoms with Gasteiger partial charge in [0.05, 0.1) is 12.1 Å². The summed E-state index contributed by atoms with van der Waals surface area (Å²) in [5.74, 6) is 0.400. The van der Waals surface area contributed by atoms with E-state index in [9.17, 15) is 4.39 Å². The van der Waals surface area contributed by atoms with Crippen molar-refractivity contribution in [3.63, 3.8) is 0 Å². The zero-order chi connectivity index (χ0) is 14.8. The van der Waals surface area contributed by atoms with Gasteiger partial charge in [0.15, 0.2) is 5.96 Å². The molecule has 0 saturated heterocycles. The van der Waals surface area contributed by atoms with Crippen LogP contribution in [-0.2, 0) is 6.42 Å². The van der Waals surface area contributed by atoms with Crippen LogP contribution in [0.15, 0.2) is 29.3 Å². The molecule has 1 aromatic rings. The van der Waals surface area contributed by atoms with E-state index < -0.39 is 0 Å². The molecule has 0 aliphatic carbocycles. The third-order valence-corrected chi connectivity index (χ3v) is 3.81. The van der Waals surface area contributed by atoms with Crippen molar-refractivity contribution in [3.05, 3.63) is 35.6 Å². The topological polar surface area (TPSA) is 44.9 Å². The second-order valence-corrected chi connectivity index (χ2v) is 5.89. The molecule has 20 heavy (non-hydrogen) atoms. The lowest BCUT2D eigenvalue weighted by molar-refractivity contribution is 0.201. The standard InChI is InChI=1S/C15H23FN4/c1-15(10-12-6-4-5-7-13(12)16)11-18-14(17)20(15)9-8-19(2)3/h4-7H,8-11H2,1-3H3,(H2,17,18). The summed E-state index contributed by atoms with van der Waals surface area (Å²) in [4.78, 5) is 8.56. The molecule has 0 amide bonds. The highest BCUT2D eigenvalue weighted by atomic mass is 19.1. The molecule has 0 spiro atoms. The van der Waals surface area contributed by atoms with Gasteiger partial charge in [-0.1, -0.05) is 18.2 Å². The van der Waals surface area contributed by atoms with Crippen LogP contribution >= 0.6 is 0 Å². The number of guanidine groups is 1. The largest absolute Gasteiger partial charge is 0.370 e. The Bertz CT molecular complexity index is 500. The highest BCUT2D eigenvalue weighted by Gasteiger charge is 2.38. The summed E-state index contributed by atoms with van der Waals surface area (Å²) in [5, 5.41) is 0. The Morgan fingerprint density at radius 1 is 1.40 bits per heavy atom. The molecule has 2 N–H and O–H groups in total. The van der Waals surface area contributed by atoms with E-state index >= 15 is 0 Å². The summed E-state index contributed by atoms with van der Waals surface area (Å²) in [6, 6.07) is 6.91. The van der Waals surface area contributed by atoms with E-state index in [0.717, 1.165) is 18.7 Å². The normalized spacial score (nSPS) is 22.4. The van der Waals surface area contributed by atoms with Gasteiger partial charge in [0.1, 0.15) is 5.82 Å². The van der Waals surface area contributed by atoms with Gasteiger partial charge in [0.2, 0.25) is 0 Å². The predicted octanol–water partition coefficient (Wildman–Crippen LogP) is 1.32. The smallest absolute Gasteiger partial charge is 0.191 e. The van der Waals surface area contributed by atoms with Gasteiger partial charge in [-0.2, -0.15) is 0 Å². The summed E-state index contributed by atoms with van der Waals surface area (Å²) >= 11 is 0. The number of hydrogen-bond donors (Lipinski definition) is 1. The summed E-state index contributed by atoms with van der Waals surface area (Å²) < 4.78 is 13.9. The molecule has 1 aliphatic rings. The molecule has 1 atom stereocenters. The number of hydrogen-bond acceptors (Lipinski definition) is 4. The van der Waals surface area contributed by atoms with Gasteiger partial charge in [-0.15, -0.1) is 0 Å². The number of benzene rings is 1. The van der Waals surface area contributed by atoms with Crippen LogP contribution in [-0.4, -0.2) is 55.0 Å².